The Balaban J connectivity index is 1.84. The molecule has 0 fully saturated rings. The Morgan fingerprint density at radius 1 is 1.19 bits per heavy atom. The highest BCUT2D eigenvalue weighted by atomic mass is 16.5. The summed E-state index contributed by atoms with van der Waals surface area (Å²) in [5.74, 6) is 0.150. The molecule has 0 radical (unpaired) electrons. The largest absolute Gasteiger partial charge is 0.483 e. The van der Waals surface area contributed by atoms with Crippen molar-refractivity contribution in [2.24, 2.45) is 0 Å². The highest BCUT2D eigenvalue weighted by Crippen LogP contribution is 2.30. The van der Waals surface area contributed by atoms with Gasteiger partial charge in [0.2, 0.25) is 0 Å². The number of benzene rings is 2. The highest BCUT2D eigenvalue weighted by Gasteiger charge is 2.13. The summed E-state index contributed by atoms with van der Waals surface area (Å²) in [6.07, 6.45) is 0.637. The van der Waals surface area contributed by atoms with E-state index in [-0.39, 0.29) is 19.1 Å². The van der Waals surface area contributed by atoms with Gasteiger partial charge in [-0.25, -0.2) is 4.79 Å². The lowest BCUT2D eigenvalue weighted by atomic mass is 10.1. The Hall–Kier alpha value is -3.12. The molecule has 1 aromatic heterocycles. The van der Waals surface area contributed by atoms with Crippen molar-refractivity contribution in [2.75, 3.05) is 11.9 Å². The first-order chi connectivity index (χ1) is 13.0. The zero-order valence-corrected chi connectivity index (χ0v) is 15.2. The summed E-state index contributed by atoms with van der Waals surface area (Å²) in [6, 6.07) is 12.1. The molecule has 0 aliphatic heterocycles. The summed E-state index contributed by atoms with van der Waals surface area (Å²) in [6.45, 7) is 3.43. The number of hydrogen-bond donors (Lipinski definition) is 2. The third kappa shape index (κ3) is 4.17. The molecule has 0 aliphatic rings. The topological polar surface area (TPSA) is 88.8 Å². The number of anilines is 1. The molecule has 1 amide bonds. The molecule has 0 bridgehead atoms. The monoisotopic (exact) mass is 367 g/mol. The molecule has 0 saturated carbocycles. The minimum Gasteiger partial charge on any atom is -0.483 e. The first kappa shape index (κ1) is 18.7. The summed E-state index contributed by atoms with van der Waals surface area (Å²) >= 11 is 0. The first-order valence-electron chi connectivity index (χ1n) is 8.70. The number of hydrogen-bond acceptors (Lipinski definition) is 5. The number of aliphatic hydroxyl groups excluding tert-OH is 1. The van der Waals surface area contributed by atoms with E-state index in [1.54, 1.807) is 30.3 Å². The smallest absolute Gasteiger partial charge is 0.336 e. The van der Waals surface area contributed by atoms with Gasteiger partial charge >= 0.3 is 5.63 Å². The third-order valence-electron chi connectivity index (χ3n) is 4.24. The van der Waals surface area contributed by atoms with Crippen LogP contribution in [0, 0.1) is 6.92 Å². The molecule has 27 heavy (non-hydrogen) atoms. The van der Waals surface area contributed by atoms with Gasteiger partial charge in [0, 0.05) is 17.3 Å². The van der Waals surface area contributed by atoms with Crippen molar-refractivity contribution in [2.45, 2.75) is 26.9 Å². The molecule has 6 nitrogen and oxygen atoms in total. The van der Waals surface area contributed by atoms with Gasteiger partial charge in [-0.1, -0.05) is 25.1 Å². The number of aliphatic hydroxyl groups is 1. The van der Waals surface area contributed by atoms with E-state index in [2.05, 4.69) is 5.32 Å². The van der Waals surface area contributed by atoms with Crippen LogP contribution in [0.4, 0.5) is 5.69 Å². The average Bonchev–Trinajstić information content (AvgIpc) is 2.65. The molecule has 1 heterocycles. The van der Waals surface area contributed by atoms with E-state index in [0.29, 0.717) is 34.4 Å². The molecule has 3 rings (SSSR count). The van der Waals surface area contributed by atoms with Crippen molar-refractivity contribution in [3.8, 4) is 5.75 Å². The third-order valence-corrected chi connectivity index (χ3v) is 4.24. The second-order valence-electron chi connectivity index (χ2n) is 6.23. The van der Waals surface area contributed by atoms with Crippen LogP contribution in [0.2, 0.25) is 0 Å². The Kier molecular flexibility index (Phi) is 5.57. The van der Waals surface area contributed by atoms with Crippen molar-refractivity contribution in [3.05, 3.63) is 69.6 Å². The Morgan fingerprint density at radius 3 is 2.70 bits per heavy atom. The molecule has 2 aromatic carbocycles. The van der Waals surface area contributed by atoms with E-state index >= 15 is 0 Å². The summed E-state index contributed by atoms with van der Waals surface area (Å²) in [5, 5.41) is 12.8. The molecule has 0 atom stereocenters. The average molecular weight is 367 g/mol. The fourth-order valence-electron chi connectivity index (χ4n) is 2.97. The lowest BCUT2D eigenvalue weighted by Gasteiger charge is -2.13. The number of carbonyl (C=O) groups is 1. The molecule has 0 unspecified atom stereocenters. The maximum atomic E-state index is 12.3. The van der Waals surface area contributed by atoms with Gasteiger partial charge in [-0.3, -0.25) is 4.79 Å². The van der Waals surface area contributed by atoms with Crippen LogP contribution in [0.3, 0.4) is 0 Å². The van der Waals surface area contributed by atoms with E-state index in [1.807, 2.05) is 19.9 Å². The summed E-state index contributed by atoms with van der Waals surface area (Å²) in [5.41, 5.74) is 2.88. The standard InChI is InChI=1S/C21H21NO5/c1-3-14-10-20(25)27-18-9-13(2)8-17(21(14)18)26-12-19(24)22-16-7-5-4-6-15(16)11-23/h4-10,23H,3,11-12H2,1-2H3,(H,22,24). The minimum atomic E-state index is -0.408. The minimum absolute atomic E-state index is 0.168. The van der Waals surface area contributed by atoms with Gasteiger partial charge in [0.1, 0.15) is 11.3 Å². The molecular weight excluding hydrogens is 346 g/mol. The van der Waals surface area contributed by atoms with Gasteiger partial charge in [-0.15, -0.1) is 0 Å². The maximum absolute atomic E-state index is 12.3. The molecule has 0 saturated heterocycles. The van der Waals surface area contributed by atoms with Gasteiger partial charge < -0.3 is 19.6 Å². The number of amides is 1. The Morgan fingerprint density at radius 2 is 1.96 bits per heavy atom. The van der Waals surface area contributed by atoms with Crippen LogP contribution in [0.5, 0.6) is 5.75 Å². The Bertz CT molecular complexity index is 1040. The molecule has 6 heteroatoms. The number of rotatable bonds is 6. The zero-order chi connectivity index (χ0) is 19.4. The fraction of sp³-hybridized carbons (Fsp3) is 0.238. The first-order valence-corrected chi connectivity index (χ1v) is 8.70. The normalized spacial score (nSPS) is 10.8. The van der Waals surface area contributed by atoms with Gasteiger partial charge in [0.15, 0.2) is 6.61 Å². The lowest BCUT2D eigenvalue weighted by Crippen LogP contribution is -2.21. The summed E-state index contributed by atoms with van der Waals surface area (Å²) in [4.78, 5) is 24.0. The van der Waals surface area contributed by atoms with Crippen molar-refractivity contribution in [1.29, 1.82) is 0 Å². The molecule has 3 aromatic rings. The van der Waals surface area contributed by atoms with Crippen LogP contribution in [-0.4, -0.2) is 17.6 Å². The molecule has 140 valence electrons. The number of carbonyl (C=O) groups excluding carboxylic acids is 1. The van der Waals surface area contributed by atoms with Crippen LogP contribution in [0.1, 0.15) is 23.6 Å². The van der Waals surface area contributed by atoms with Crippen LogP contribution >= 0.6 is 0 Å². The van der Waals surface area contributed by atoms with Gasteiger partial charge in [-0.05, 0) is 42.7 Å². The number of fused-ring (bicyclic) bond motifs is 1. The van der Waals surface area contributed by atoms with E-state index in [9.17, 15) is 14.7 Å². The van der Waals surface area contributed by atoms with Crippen LogP contribution in [0.25, 0.3) is 11.0 Å². The van der Waals surface area contributed by atoms with Crippen LogP contribution in [0.15, 0.2) is 51.7 Å². The predicted molar refractivity (Wildman–Crippen MR) is 103 cm³/mol. The van der Waals surface area contributed by atoms with E-state index in [1.165, 1.54) is 6.07 Å². The number of para-hydroxylation sites is 1. The maximum Gasteiger partial charge on any atom is 0.336 e. The zero-order valence-electron chi connectivity index (χ0n) is 15.2. The Labute approximate surface area is 156 Å². The van der Waals surface area contributed by atoms with Crippen molar-refractivity contribution >= 4 is 22.6 Å². The van der Waals surface area contributed by atoms with E-state index < -0.39 is 5.63 Å². The van der Waals surface area contributed by atoms with E-state index in [4.69, 9.17) is 9.15 Å². The SMILES string of the molecule is CCc1cc(=O)oc2cc(C)cc(OCC(=O)Nc3ccccc3CO)c12. The van der Waals surface area contributed by atoms with Crippen molar-refractivity contribution in [1.82, 2.24) is 0 Å². The molecular formula is C21H21NO5. The van der Waals surface area contributed by atoms with E-state index in [0.717, 1.165) is 11.1 Å². The predicted octanol–water partition coefficient (Wildman–Crippen LogP) is 3.17. The van der Waals surface area contributed by atoms with Gasteiger partial charge in [-0.2, -0.15) is 0 Å². The summed E-state index contributed by atoms with van der Waals surface area (Å²) in [7, 11) is 0. The second kappa shape index (κ2) is 8.05. The summed E-state index contributed by atoms with van der Waals surface area (Å²) < 4.78 is 11.0. The van der Waals surface area contributed by atoms with Crippen LogP contribution in [-0.2, 0) is 17.8 Å². The number of aryl methyl sites for hydroxylation is 2. The molecule has 0 aliphatic carbocycles. The van der Waals surface area contributed by atoms with Crippen LogP contribution < -0.4 is 15.7 Å². The quantitative estimate of drug-likeness (QED) is 0.653. The number of ether oxygens (including phenoxy) is 1. The molecule has 0 spiro atoms. The van der Waals surface area contributed by atoms with Crippen molar-refractivity contribution < 1.29 is 19.1 Å². The molecule has 2 N–H and O–H groups in total. The lowest BCUT2D eigenvalue weighted by molar-refractivity contribution is -0.118. The van der Waals surface area contributed by atoms with Gasteiger partial charge in [0.25, 0.3) is 5.91 Å². The fourth-order valence-corrected chi connectivity index (χ4v) is 2.97. The van der Waals surface area contributed by atoms with Gasteiger partial charge in [0.05, 0.1) is 12.0 Å². The second-order valence-corrected chi connectivity index (χ2v) is 6.23. The highest BCUT2D eigenvalue weighted by molar-refractivity contribution is 5.93. The van der Waals surface area contributed by atoms with Crippen molar-refractivity contribution in [3.63, 3.8) is 0 Å². The number of nitrogens with one attached hydrogen (secondary N) is 1.